The number of aliphatic imine (C=N–C) groups is 1. The van der Waals surface area contributed by atoms with Crippen molar-refractivity contribution in [2.45, 2.75) is 25.9 Å². The fourth-order valence-electron chi connectivity index (χ4n) is 2.02. The van der Waals surface area contributed by atoms with Crippen molar-refractivity contribution in [3.8, 4) is 0 Å². The molecular weight excluding hydrogens is 413 g/mol. The molecule has 0 amide bonds. The lowest BCUT2D eigenvalue weighted by atomic mass is 10.1. The Balaban J connectivity index is 0.00000242. The van der Waals surface area contributed by atoms with Crippen LogP contribution in [0.3, 0.4) is 0 Å². The first-order chi connectivity index (χ1) is 10.1. The molecule has 2 rings (SSSR count). The molecule has 0 saturated heterocycles. The summed E-state index contributed by atoms with van der Waals surface area (Å²) in [6.07, 6.45) is 3.67. The second-order valence-corrected chi connectivity index (χ2v) is 5.51. The SMILES string of the molecule is CC(C)NC(N)=NCC(c1ccc(Cl)cc1)n1cccn1.I. The van der Waals surface area contributed by atoms with Gasteiger partial charge in [-0.15, -0.1) is 24.0 Å². The molecular formula is C15H21ClIN5. The van der Waals surface area contributed by atoms with Gasteiger partial charge in [0.15, 0.2) is 5.96 Å². The van der Waals surface area contributed by atoms with Crippen LogP contribution in [-0.2, 0) is 0 Å². The van der Waals surface area contributed by atoms with Crippen LogP contribution < -0.4 is 11.1 Å². The van der Waals surface area contributed by atoms with E-state index in [1.54, 1.807) is 6.20 Å². The lowest BCUT2D eigenvalue weighted by Gasteiger charge is -2.17. The minimum absolute atomic E-state index is 0. The number of halogens is 2. The number of aromatic nitrogens is 2. The molecule has 1 unspecified atom stereocenters. The van der Waals surface area contributed by atoms with Crippen molar-refractivity contribution < 1.29 is 0 Å². The van der Waals surface area contributed by atoms with Crippen LogP contribution in [-0.4, -0.2) is 28.3 Å². The van der Waals surface area contributed by atoms with Gasteiger partial charge in [-0.2, -0.15) is 5.10 Å². The number of nitrogens with zero attached hydrogens (tertiary/aromatic N) is 3. The van der Waals surface area contributed by atoms with E-state index < -0.39 is 0 Å². The average Bonchev–Trinajstić information content (AvgIpc) is 2.94. The number of benzene rings is 1. The van der Waals surface area contributed by atoms with Crippen LogP contribution in [0.1, 0.15) is 25.5 Å². The van der Waals surface area contributed by atoms with Crippen molar-refractivity contribution in [1.29, 1.82) is 0 Å². The molecule has 0 fully saturated rings. The molecule has 1 atom stereocenters. The Kier molecular flexibility index (Phi) is 7.67. The van der Waals surface area contributed by atoms with Crippen molar-refractivity contribution in [1.82, 2.24) is 15.1 Å². The smallest absolute Gasteiger partial charge is 0.188 e. The summed E-state index contributed by atoms with van der Waals surface area (Å²) < 4.78 is 1.87. The molecule has 1 aromatic carbocycles. The Morgan fingerprint density at radius 3 is 2.59 bits per heavy atom. The zero-order valence-electron chi connectivity index (χ0n) is 12.6. The number of hydrogen-bond donors (Lipinski definition) is 2. The Morgan fingerprint density at radius 2 is 2.05 bits per heavy atom. The van der Waals surface area contributed by atoms with Gasteiger partial charge in [-0.25, -0.2) is 0 Å². The first-order valence-electron chi connectivity index (χ1n) is 6.87. The highest BCUT2D eigenvalue weighted by Crippen LogP contribution is 2.20. The molecule has 120 valence electrons. The zero-order valence-corrected chi connectivity index (χ0v) is 15.7. The maximum atomic E-state index is 5.95. The number of nitrogens with two attached hydrogens (primary N) is 1. The predicted octanol–water partition coefficient (Wildman–Crippen LogP) is 3.06. The van der Waals surface area contributed by atoms with Gasteiger partial charge in [0.25, 0.3) is 0 Å². The molecule has 22 heavy (non-hydrogen) atoms. The molecule has 0 aliphatic carbocycles. The van der Waals surface area contributed by atoms with Crippen molar-refractivity contribution in [2.75, 3.05) is 6.54 Å². The van der Waals surface area contributed by atoms with Crippen molar-refractivity contribution in [3.63, 3.8) is 0 Å². The van der Waals surface area contributed by atoms with E-state index in [1.807, 2.05) is 55.1 Å². The molecule has 0 aliphatic rings. The largest absolute Gasteiger partial charge is 0.370 e. The van der Waals surface area contributed by atoms with Gasteiger partial charge < -0.3 is 11.1 Å². The Morgan fingerprint density at radius 1 is 1.36 bits per heavy atom. The maximum absolute atomic E-state index is 5.95. The fraction of sp³-hybridized carbons (Fsp3) is 0.333. The van der Waals surface area contributed by atoms with Crippen molar-refractivity contribution in [3.05, 3.63) is 53.3 Å². The van der Waals surface area contributed by atoms with Gasteiger partial charge in [0, 0.05) is 23.5 Å². The maximum Gasteiger partial charge on any atom is 0.188 e. The van der Waals surface area contributed by atoms with Crippen LogP contribution in [0.4, 0.5) is 0 Å². The van der Waals surface area contributed by atoms with Gasteiger partial charge in [-0.3, -0.25) is 9.67 Å². The normalized spacial score (nSPS) is 12.8. The molecule has 0 bridgehead atoms. The average molecular weight is 434 g/mol. The van der Waals surface area contributed by atoms with Crippen LogP contribution in [0.15, 0.2) is 47.7 Å². The lowest BCUT2D eigenvalue weighted by molar-refractivity contribution is 0.531. The monoisotopic (exact) mass is 433 g/mol. The fourth-order valence-corrected chi connectivity index (χ4v) is 2.14. The van der Waals surface area contributed by atoms with Crippen LogP contribution in [0.2, 0.25) is 5.02 Å². The molecule has 3 N–H and O–H groups in total. The van der Waals surface area contributed by atoms with Crippen LogP contribution in [0.5, 0.6) is 0 Å². The van der Waals surface area contributed by atoms with E-state index in [4.69, 9.17) is 17.3 Å². The molecule has 0 saturated carbocycles. The summed E-state index contributed by atoms with van der Waals surface area (Å²) in [6, 6.07) is 9.84. The van der Waals surface area contributed by atoms with Gasteiger partial charge in [0.2, 0.25) is 0 Å². The summed E-state index contributed by atoms with van der Waals surface area (Å²) in [7, 11) is 0. The first-order valence-corrected chi connectivity index (χ1v) is 7.25. The Labute approximate surface area is 153 Å². The first kappa shape index (κ1) is 18.8. The van der Waals surface area contributed by atoms with Crippen LogP contribution in [0, 0.1) is 0 Å². The summed E-state index contributed by atoms with van der Waals surface area (Å²) in [4.78, 5) is 4.41. The van der Waals surface area contributed by atoms with Gasteiger partial charge in [0.1, 0.15) is 0 Å². The van der Waals surface area contributed by atoms with E-state index in [-0.39, 0.29) is 36.1 Å². The van der Waals surface area contributed by atoms with Gasteiger partial charge in [-0.05, 0) is 37.6 Å². The molecule has 5 nitrogen and oxygen atoms in total. The van der Waals surface area contributed by atoms with Crippen LogP contribution >= 0.6 is 35.6 Å². The number of hydrogen-bond acceptors (Lipinski definition) is 2. The minimum atomic E-state index is -0.00946. The molecule has 7 heteroatoms. The third-order valence-corrected chi connectivity index (χ3v) is 3.22. The van der Waals surface area contributed by atoms with E-state index in [0.717, 1.165) is 5.56 Å². The molecule has 2 aromatic rings. The second kappa shape index (κ2) is 8.99. The summed E-state index contributed by atoms with van der Waals surface area (Å²) in [5.74, 6) is 0.441. The van der Waals surface area contributed by atoms with E-state index in [9.17, 15) is 0 Å². The molecule has 1 aromatic heterocycles. The highest BCUT2D eigenvalue weighted by atomic mass is 127. The Hall–Kier alpha value is -1.28. The third-order valence-electron chi connectivity index (χ3n) is 2.97. The molecule has 0 spiro atoms. The topological polar surface area (TPSA) is 68.2 Å². The number of guanidine groups is 1. The van der Waals surface area contributed by atoms with Crippen molar-refractivity contribution >= 4 is 41.5 Å². The molecule has 0 aliphatic heterocycles. The number of rotatable bonds is 5. The highest BCUT2D eigenvalue weighted by molar-refractivity contribution is 14.0. The van der Waals surface area contributed by atoms with Gasteiger partial charge in [-0.1, -0.05) is 23.7 Å². The van der Waals surface area contributed by atoms with E-state index in [0.29, 0.717) is 17.5 Å². The summed E-state index contributed by atoms with van der Waals surface area (Å²) in [5.41, 5.74) is 6.95. The van der Waals surface area contributed by atoms with Crippen molar-refractivity contribution in [2.24, 2.45) is 10.7 Å². The summed E-state index contributed by atoms with van der Waals surface area (Å²) in [6.45, 7) is 4.55. The van der Waals surface area contributed by atoms with E-state index in [2.05, 4.69) is 15.4 Å². The summed E-state index contributed by atoms with van der Waals surface area (Å²) >= 11 is 5.95. The summed E-state index contributed by atoms with van der Waals surface area (Å²) in [5, 5.41) is 8.10. The predicted molar refractivity (Wildman–Crippen MR) is 102 cm³/mol. The minimum Gasteiger partial charge on any atom is -0.370 e. The van der Waals surface area contributed by atoms with E-state index in [1.165, 1.54) is 0 Å². The quantitative estimate of drug-likeness (QED) is 0.433. The standard InChI is InChI=1S/C15H20ClN5.HI/c1-11(2)20-15(17)18-10-14(21-9-3-8-19-21)12-4-6-13(16)7-5-12;/h3-9,11,14H,10H2,1-2H3,(H3,17,18,20);1H. The lowest BCUT2D eigenvalue weighted by Crippen LogP contribution is -2.37. The highest BCUT2D eigenvalue weighted by Gasteiger charge is 2.13. The van der Waals surface area contributed by atoms with Gasteiger partial charge >= 0.3 is 0 Å². The zero-order chi connectivity index (χ0) is 15.2. The van der Waals surface area contributed by atoms with E-state index >= 15 is 0 Å². The third kappa shape index (κ3) is 5.49. The van der Waals surface area contributed by atoms with Crippen LogP contribution in [0.25, 0.3) is 0 Å². The molecule has 1 heterocycles. The van der Waals surface area contributed by atoms with Gasteiger partial charge in [0.05, 0.1) is 12.6 Å². The Bertz CT molecular complexity index is 580. The molecule has 0 radical (unpaired) electrons. The second-order valence-electron chi connectivity index (χ2n) is 5.08. The number of nitrogens with one attached hydrogen (secondary N) is 1.